The van der Waals surface area contributed by atoms with Gasteiger partial charge in [0.1, 0.15) is 0 Å². The quantitative estimate of drug-likeness (QED) is 0.897. The van der Waals surface area contributed by atoms with E-state index in [1.54, 1.807) is 5.56 Å². The molecule has 18 heavy (non-hydrogen) atoms. The highest BCUT2D eigenvalue weighted by molar-refractivity contribution is 7.99. The molecule has 0 spiro atoms. The highest BCUT2D eigenvalue weighted by Crippen LogP contribution is 2.40. The molecule has 3 rings (SSSR count). The molecule has 0 aliphatic carbocycles. The molecule has 98 valence electrons. The van der Waals surface area contributed by atoms with Crippen molar-refractivity contribution in [2.24, 2.45) is 5.92 Å². The molecule has 1 fully saturated rings. The van der Waals surface area contributed by atoms with Gasteiger partial charge in [0.15, 0.2) is 0 Å². The van der Waals surface area contributed by atoms with Gasteiger partial charge < -0.3 is 10.2 Å². The second-order valence-corrected chi connectivity index (χ2v) is 6.58. The van der Waals surface area contributed by atoms with Crippen LogP contribution < -0.4 is 5.32 Å². The predicted molar refractivity (Wildman–Crippen MR) is 78.4 cm³/mol. The molecule has 2 heterocycles. The molecule has 0 amide bonds. The molecule has 3 heteroatoms. The fraction of sp³-hybridized carbons (Fsp3) is 0.600. The number of likely N-dealkylation sites (tertiary alicyclic amines) is 1. The van der Waals surface area contributed by atoms with Crippen molar-refractivity contribution in [2.75, 3.05) is 39.0 Å². The van der Waals surface area contributed by atoms with E-state index in [1.807, 2.05) is 11.8 Å². The Kier molecular flexibility index (Phi) is 3.92. The Bertz CT molecular complexity index is 407. The molecule has 2 aliphatic rings. The SMILES string of the molecule is CNCC1CCN(CC2CSc3ccccc32)C1. The van der Waals surface area contributed by atoms with Crippen LogP contribution >= 0.6 is 11.8 Å². The number of rotatable bonds is 4. The first-order valence-corrected chi connectivity index (χ1v) is 7.94. The van der Waals surface area contributed by atoms with E-state index >= 15 is 0 Å². The standard InChI is InChI=1S/C15H22N2S/c1-16-8-12-6-7-17(9-12)10-13-11-18-15-5-3-2-4-14(13)15/h2-5,12-13,16H,6-11H2,1H3. The van der Waals surface area contributed by atoms with Crippen LogP contribution in [0.4, 0.5) is 0 Å². The van der Waals surface area contributed by atoms with Crippen LogP contribution in [0.1, 0.15) is 17.9 Å². The molecule has 2 atom stereocenters. The summed E-state index contributed by atoms with van der Waals surface area (Å²) in [6.45, 7) is 5.00. The minimum absolute atomic E-state index is 0.750. The first-order valence-electron chi connectivity index (χ1n) is 6.95. The number of benzene rings is 1. The Morgan fingerprint density at radius 1 is 1.39 bits per heavy atom. The van der Waals surface area contributed by atoms with Gasteiger partial charge in [0, 0.05) is 29.7 Å². The molecule has 2 nitrogen and oxygen atoms in total. The third kappa shape index (κ3) is 2.58. The van der Waals surface area contributed by atoms with E-state index in [4.69, 9.17) is 0 Å². The molecule has 0 bridgehead atoms. The van der Waals surface area contributed by atoms with Crippen LogP contribution in [0.15, 0.2) is 29.2 Å². The molecular formula is C15H22N2S. The lowest BCUT2D eigenvalue weighted by atomic mass is 10.0. The lowest BCUT2D eigenvalue weighted by Gasteiger charge is -2.20. The van der Waals surface area contributed by atoms with Gasteiger partial charge in [-0.3, -0.25) is 0 Å². The normalized spacial score (nSPS) is 27.6. The summed E-state index contributed by atoms with van der Waals surface area (Å²) in [6, 6.07) is 8.94. The molecule has 0 aromatic heterocycles. The lowest BCUT2D eigenvalue weighted by molar-refractivity contribution is 0.308. The third-order valence-electron chi connectivity index (χ3n) is 4.14. The first kappa shape index (κ1) is 12.5. The summed E-state index contributed by atoms with van der Waals surface area (Å²) >= 11 is 2.03. The maximum absolute atomic E-state index is 3.31. The number of thioether (sulfide) groups is 1. The van der Waals surface area contributed by atoms with Gasteiger partial charge >= 0.3 is 0 Å². The second kappa shape index (κ2) is 5.64. The second-order valence-electron chi connectivity index (χ2n) is 5.52. The van der Waals surface area contributed by atoms with Crippen LogP contribution in [-0.2, 0) is 0 Å². The van der Waals surface area contributed by atoms with Crippen molar-refractivity contribution in [2.45, 2.75) is 17.2 Å². The highest BCUT2D eigenvalue weighted by atomic mass is 32.2. The molecular weight excluding hydrogens is 240 g/mol. The Balaban J connectivity index is 1.59. The van der Waals surface area contributed by atoms with Crippen molar-refractivity contribution in [3.05, 3.63) is 29.8 Å². The molecule has 1 N–H and O–H groups in total. The Hall–Kier alpha value is -0.510. The van der Waals surface area contributed by atoms with Crippen LogP contribution in [0, 0.1) is 5.92 Å². The van der Waals surface area contributed by atoms with E-state index in [9.17, 15) is 0 Å². The van der Waals surface area contributed by atoms with E-state index in [1.165, 1.54) is 43.2 Å². The molecule has 1 aromatic carbocycles. The monoisotopic (exact) mass is 262 g/mol. The van der Waals surface area contributed by atoms with E-state index in [0.29, 0.717) is 0 Å². The van der Waals surface area contributed by atoms with Crippen molar-refractivity contribution in [1.82, 2.24) is 10.2 Å². The average molecular weight is 262 g/mol. The maximum Gasteiger partial charge on any atom is 0.0108 e. The molecule has 0 saturated carbocycles. The summed E-state index contributed by atoms with van der Waals surface area (Å²) in [5.74, 6) is 2.88. The first-order chi connectivity index (χ1) is 8.86. The van der Waals surface area contributed by atoms with Crippen LogP contribution in [-0.4, -0.2) is 43.9 Å². The fourth-order valence-corrected chi connectivity index (χ4v) is 4.47. The molecule has 1 saturated heterocycles. The van der Waals surface area contributed by atoms with Crippen LogP contribution in [0.5, 0.6) is 0 Å². The summed E-state index contributed by atoms with van der Waals surface area (Å²) in [4.78, 5) is 4.17. The van der Waals surface area contributed by atoms with Crippen molar-refractivity contribution in [1.29, 1.82) is 0 Å². The fourth-order valence-electron chi connectivity index (χ4n) is 3.23. The van der Waals surface area contributed by atoms with E-state index in [0.717, 1.165) is 11.8 Å². The molecule has 2 unspecified atom stereocenters. The number of nitrogens with zero attached hydrogens (tertiary/aromatic N) is 1. The van der Waals surface area contributed by atoms with Crippen molar-refractivity contribution < 1.29 is 0 Å². The van der Waals surface area contributed by atoms with Gasteiger partial charge in [0.25, 0.3) is 0 Å². The van der Waals surface area contributed by atoms with Crippen LogP contribution in [0.3, 0.4) is 0 Å². The average Bonchev–Trinajstić information content (AvgIpc) is 2.99. The van der Waals surface area contributed by atoms with Gasteiger partial charge in [-0.1, -0.05) is 18.2 Å². The minimum atomic E-state index is 0.750. The summed E-state index contributed by atoms with van der Waals surface area (Å²) in [5, 5.41) is 3.31. The summed E-state index contributed by atoms with van der Waals surface area (Å²) in [6.07, 6.45) is 1.36. The Morgan fingerprint density at radius 2 is 2.28 bits per heavy atom. The summed E-state index contributed by atoms with van der Waals surface area (Å²) in [7, 11) is 2.06. The number of hydrogen-bond donors (Lipinski definition) is 1. The summed E-state index contributed by atoms with van der Waals surface area (Å²) < 4.78 is 0. The van der Waals surface area contributed by atoms with Crippen LogP contribution in [0.2, 0.25) is 0 Å². The van der Waals surface area contributed by atoms with Gasteiger partial charge in [0.2, 0.25) is 0 Å². The van der Waals surface area contributed by atoms with Gasteiger partial charge in [0.05, 0.1) is 0 Å². The zero-order valence-electron chi connectivity index (χ0n) is 11.1. The van der Waals surface area contributed by atoms with Gasteiger partial charge in [-0.2, -0.15) is 0 Å². The van der Waals surface area contributed by atoms with Crippen molar-refractivity contribution in [3.63, 3.8) is 0 Å². The largest absolute Gasteiger partial charge is 0.319 e. The third-order valence-corrected chi connectivity index (χ3v) is 5.39. The van der Waals surface area contributed by atoms with Gasteiger partial charge in [-0.25, -0.2) is 0 Å². The smallest absolute Gasteiger partial charge is 0.0108 e. The topological polar surface area (TPSA) is 15.3 Å². The van der Waals surface area contributed by atoms with E-state index < -0.39 is 0 Å². The number of fused-ring (bicyclic) bond motifs is 1. The molecule has 1 aromatic rings. The van der Waals surface area contributed by atoms with Crippen molar-refractivity contribution >= 4 is 11.8 Å². The number of hydrogen-bond acceptors (Lipinski definition) is 3. The Morgan fingerprint density at radius 3 is 3.17 bits per heavy atom. The zero-order valence-corrected chi connectivity index (χ0v) is 11.9. The number of nitrogens with one attached hydrogen (secondary N) is 1. The molecule has 0 radical (unpaired) electrons. The summed E-state index contributed by atoms with van der Waals surface area (Å²) in [5.41, 5.74) is 1.58. The predicted octanol–water partition coefficient (Wildman–Crippen LogP) is 2.42. The van der Waals surface area contributed by atoms with Gasteiger partial charge in [-0.15, -0.1) is 11.8 Å². The van der Waals surface area contributed by atoms with Gasteiger partial charge in [-0.05, 0) is 44.1 Å². The zero-order chi connectivity index (χ0) is 12.4. The minimum Gasteiger partial charge on any atom is -0.319 e. The lowest BCUT2D eigenvalue weighted by Crippen LogP contribution is -2.28. The highest BCUT2D eigenvalue weighted by Gasteiger charge is 2.28. The van der Waals surface area contributed by atoms with E-state index in [2.05, 4.69) is 41.5 Å². The Labute approximate surface area is 114 Å². The van der Waals surface area contributed by atoms with Crippen LogP contribution in [0.25, 0.3) is 0 Å². The van der Waals surface area contributed by atoms with E-state index in [-0.39, 0.29) is 0 Å². The molecule has 2 aliphatic heterocycles. The maximum atomic E-state index is 3.31. The van der Waals surface area contributed by atoms with Crippen molar-refractivity contribution in [3.8, 4) is 0 Å².